The average molecular weight is 400 g/mol. The Kier molecular flexibility index (Phi) is 5.19. The average Bonchev–Trinajstić information content (AvgIpc) is 2.75. The van der Waals surface area contributed by atoms with E-state index in [4.69, 9.17) is 0 Å². The molecule has 1 N–H and O–H groups in total. The maximum absolute atomic E-state index is 13.5. The fourth-order valence-electron chi connectivity index (χ4n) is 3.01. The van der Waals surface area contributed by atoms with Crippen molar-refractivity contribution in [2.45, 2.75) is 6.42 Å². The van der Waals surface area contributed by atoms with Gasteiger partial charge in [-0.3, -0.25) is 14.6 Å². The van der Waals surface area contributed by atoms with Crippen LogP contribution in [0.1, 0.15) is 27.0 Å². The highest BCUT2D eigenvalue weighted by Crippen LogP contribution is 2.27. The van der Waals surface area contributed by atoms with E-state index in [1.807, 2.05) is 12.1 Å². The van der Waals surface area contributed by atoms with E-state index in [1.165, 1.54) is 12.1 Å². The van der Waals surface area contributed by atoms with Crippen molar-refractivity contribution < 1.29 is 18.4 Å². The van der Waals surface area contributed by atoms with Crippen molar-refractivity contribution in [3.63, 3.8) is 0 Å². The van der Waals surface area contributed by atoms with Crippen molar-refractivity contribution in [1.82, 2.24) is 4.98 Å². The third kappa shape index (κ3) is 4.01. The molecule has 3 aromatic rings. The van der Waals surface area contributed by atoms with Gasteiger partial charge in [0, 0.05) is 29.9 Å². The molecule has 1 amide bonds. The molecule has 146 valence electrons. The molecular formula is C24H14F2N2O2. The van der Waals surface area contributed by atoms with Crippen LogP contribution in [0.2, 0.25) is 0 Å². The van der Waals surface area contributed by atoms with E-state index in [0.29, 0.717) is 23.2 Å². The molecule has 2 aromatic carbocycles. The number of carbonyl (C=O) groups excluding carboxylic acids is 2. The highest BCUT2D eigenvalue weighted by molar-refractivity contribution is 6.36. The van der Waals surface area contributed by atoms with Gasteiger partial charge >= 0.3 is 0 Å². The number of halogens is 2. The number of hydrogen-bond donors (Lipinski definition) is 1. The Bertz CT molecular complexity index is 1260. The van der Waals surface area contributed by atoms with Crippen LogP contribution in [0.15, 0.2) is 66.5 Å². The summed E-state index contributed by atoms with van der Waals surface area (Å²) in [6.07, 6.45) is 5.16. The quantitative estimate of drug-likeness (QED) is 0.399. The number of pyridine rings is 1. The molecule has 0 unspecified atom stereocenters. The molecule has 0 spiro atoms. The third-order valence-corrected chi connectivity index (χ3v) is 4.53. The molecule has 0 radical (unpaired) electrons. The van der Waals surface area contributed by atoms with Gasteiger partial charge in [-0.2, -0.15) is 0 Å². The minimum absolute atomic E-state index is 0.157. The number of hydrogen-bond acceptors (Lipinski definition) is 3. The van der Waals surface area contributed by atoms with E-state index in [-0.39, 0.29) is 11.1 Å². The number of anilines is 1. The molecule has 0 bridgehead atoms. The Morgan fingerprint density at radius 2 is 1.77 bits per heavy atom. The Balaban J connectivity index is 1.62. The number of Topliss-reactive ketones (excluding diaryl/α,β-unsaturated/α-hetero) is 1. The zero-order valence-electron chi connectivity index (χ0n) is 15.6. The number of amides is 1. The predicted octanol–water partition coefficient (Wildman–Crippen LogP) is 4.17. The largest absolute Gasteiger partial charge is 0.321 e. The maximum Gasteiger partial charge on any atom is 0.259 e. The van der Waals surface area contributed by atoms with Gasteiger partial charge < -0.3 is 5.32 Å². The van der Waals surface area contributed by atoms with Gasteiger partial charge in [0.05, 0.1) is 11.3 Å². The molecule has 0 atom stereocenters. The van der Waals surface area contributed by atoms with Crippen LogP contribution in [-0.4, -0.2) is 16.7 Å². The van der Waals surface area contributed by atoms with Gasteiger partial charge in [0.1, 0.15) is 0 Å². The van der Waals surface area contributed by atoms with Gasteiger partial charge in [-0.25, -0.2) is 8.78 Å². The molecule has 1 aromatic heterocycles. The molecule has 0 saturated heterocycles. The van der Waals surface area contributed by atoms with Crippen LogP contribution in [0.25, 0.3) is 6.08 Å². The Morgan fingerprint density at radius 1 is 0.967 bits per heavy atom. The fraction of sp³-hybridized carbons (Fsp3) is 0.0417. The summed E-state index contributed by atoms with van der Waals surface area (Å²) in [5, 5.41) is 2.64. The van der Waals surface area contributed by atoms with Crippen molar-refractivity contribution in [2.75, 3.05) is 5.32 Å². The second kappa shape index (κ2) is 8.10. The summed E-state index contributed by atoms with van der Waals surface area (Å²) in [5.41, 5.74) is 2.38. The number of aromatic nitrogens is 1. The number of rotatable bonds is 2. The van der Waals surface area contributed by atoms with Crippen LogP contribution in [0.4, 0.5) is 14.5 Å². The first-order chi connectivity index (χ1) is 14.5. The molecule has 0 fully saturated rings. The van der Waals surface area contributed by atoms with Crippen LogP contribution < -0.4 is 5.32 Å². The van der Waals surface area contributed by atoms with Gasteiger partial charge in [0.15, 0.2) is 11.6 Å². The third-order valence-electron chi connectivity index (χ3n) is 4.53. The van der Waals surface area contributed by atoms with E-state index >= 15 is 0 Å². The van der Waals surface area contributed by atoms with Gasteiger partial charge in [-0.1, -0.05) is 17.9 Å². The summed E-state index contributed by atoms with van der Waals surface area (Å²) in [6, 6.07) is 11.9. The van der Waals surface area contributed by atoms with E-state index in [9.17, 15) is 18.4 Å². The van der Waals surface area contributed by atoms with Crippen molar-refractivity contribution in [3.05, 3.63) is 100 Å². The standard InChI is InChI=1S/C24H14F2N2O2/c25-20-6-4-17(14-21(20)26)13-19-23(29)18-12-16(5-7-22(18)28-24(19)30)3-1-2-15-8-10-27-11-9-15/h4-14H,2H2,(H,28,30)/b19-13+. The first-order valence-electron chi connectivity index (χ1n) is 9.06. The van der Waals surface area contributed by atoms with Crippen molar-refractivity contribution >= 4 is 23.5 Å². The van der Waals surface area contributed by atoms with Crippen molar-refractivity contribution in [3.8, 4) is 11.8 Å². The van der Waals surface area contributed by atoms with Crippen molar-refractivity contribution in [1.29, 1.82) is 0 Å². The summed E-state index contributed by atoms with van der Waals surface area (Å²) in [5.74, 6) is 2.89. The lowest BCUT2D eigenvalue weighted by molar-refractivity contribution is -0.112. The highest BCUT2D eigenvalue weighted by atomic mass is 19.2. The number of nitrogens with zero attached hydrogens (tertiary/aromatic N) is 1. The van der Waals surface area contributed by atoms with E-state index in [0.717, 1.165) is 17.7 Å². The Hall–Kier alpha value is -4.11. The Labute approximate surface area is 171 Å². The van der Waals surface area contributed by atoms with Crippen LogP contribution in [0.5, 0.6) is 0 Å². The molecule has 4 rings (SSSR count). The fourth-order valence-corrected chi connectivity index (χ4v) is 3.01. The van der Waals surface area contributed by atoms with Gasteiger partial charge in [-0.15, -0.1) is 0 Å². The molecule has 30 heavy (non-hydrogen) atoms. The van der Waals surface area contributed by atoms with E-state index in [2.05, 4.69) is 22.1 Å². The van der Waals surface area contributed by atoms with Crippen LogP contribution in [0, 0.1) is 23.5 Å². The lowest BCUT2D eigenvalue weighted by Crippen LogP contribution is -2.27. The zero-order valence-corrected chi connectivity index (χ0v) is 15.6. The summed E-state index contributed by atoms with van der Waals surface area (Å²) >= 11 is 0. The summed E-state index contributed by atoms with van der Waals surface area (Å²) in [6.45, 7) is 0. The number of fused-ring (bicyclic) bond motifs is 1. The van der Waals surface area contributed by atoms with Crippen LogP contribution >= 0.6 is 0 Å². The molecular weight excluding hydrogens is 386 g/mol. The van der Waals surface area contributed by atoms with Crippen LogP contribution in [0.3, 0.4) is 0 Å². The second-order valence-corrected chi connectivity index (χ2v) is 6.61. The zero-order chi connectivity index (χ0) is 21.1. The minimum atomic E-state index is -1.06. The second-order valence-electron chi connectivity index (χ2n) is 6.61. The molecule has 6 heteroatoms. The number of nitrogens with one attached hydrogen (secondary N) is 1. The van der Waals surface area contributed by atoms with E-state index in [1.54, 1.807) is 30.6 Å². The first kappa shape index (κ1) is 19.2. The lowest BCUT2D eigenvalue weighted by atomic mass is 9.93. The van der Waals surface area contributed by atoms with Gasteiger partial charge in [0.2, 0.25) is 5.78 Å². The highest BCUT2D eigenvalue weighted by Gasteiger charge is 2.28. The van der Waals surface area contributed by atoms with Crippen LogP contribution in [-0.2, 0) is 11.2 Å². The van der Waals surface area contributed by atoms with Crippen molar-refractivity contribution in [2.24, 2.45) is 0 Å². The first-order valence-corrected chi connectivity index (χ1v) is 9.06. The van der Waals surface area contributed by atoms with Gasteiger partial charge in [0.25, 0.3) is 5.91 Å². The summed E-state index contributed by atoms with van der Waals surface area (Å²) in [4.78, 5) is 29.2. The molecule has 1 aliphatic heterocycles. The molecule has 4 nitrogen and oxygen atoms in total. The number of benzene rings is 2. The number of ketones is 1. The molecule has 0 aliphatic carbocycles. The normalized spacial score (nSPS) is 14.0. The van der Waals surface area contributed by atoms with E-state index < -0.39 is 23.3 Å². The monoisotopic (exact) mass is 400 g/mol. The Morgan fingerprint density at radius 3 is 2.53 bits per heavy atom. The topological polar surface area (TPSA) is 59.1 Å². The molecule has 1 aliphatic rings. The molecule has 2 heterocycles. The predicted molar refractivity (Wildman–Crippen MR) is 109 cm³/mol. The smallest absolute Gasteiger partial charge is 0.259 e. The van der Waals surface area contributed by atoms with Gasteiger partial charge in [-0.05, 0) is 59.7 Å². The number of carbonyl (C=O) groups is 2. The minimum Gasteiger partial charge on any atom is -0.321 e. The summed E-state index contributed by atoms with van der Waals surface area (Å²) < 4.78 is 26.6. The summed E-state index contributed by atoms with van der Waals surface area (Å²) in [7, 11) is 0. The lowest BCUT2D eigenvalue weighted by Gasteiger charge is -2.18. The SMILES string of the molecule is O=C1Nc2ccc(C#CCc3ccncc3)cc2C(=O)/C1=C\c1ccc(F)c(F)c1. The maximum atomic E-state index is 13.5. The molecule has 0 saturated carbocycles.